The van der Waals surface area contributed by atoms with Gasteiger partial charge in [-0.25, -0.2) is 0 Å². The van der Waals surface area contributed by atoms with Gasteiger partial charge in [0.25, 0.3) is 0 Å². The highest BCUT2D eigenvalue weighted by atomic mass is 16.5. The molecule has 0 aromatic heterocycles. The first-order chi connectivity index (χ1) is 28.4. The molecule has 0 rings (SSSR count). The highest BCUT2D eigenvalue weighted by molar-refractivity contribution is 5.72. The van der Waals surface area contributed by atoms with Gasteiger partial charge in [0, 0.05) is 6.92 Å². The van der Waals surface area contributed by atoms with E-state index < -0.39 is 0 Å². The Morgan fingerprint density at radius 1 is 0.345 bits per heavy atom. The number of carbonyl (C=O) groups is 3. The Hall–Kier alpha value is -1.63. The average molecular weight is 822 g/mol. The topological polar surface area (TPSA) is 82.1 Å². The Kier molecular flexibility index (Phi) is 43.6. The van der Waals surface area contributed by atoms with Crippen molar-refractivity contribution in [3.63, 3.8) is 0 Å². The second kappa shape index (κ2) is 44.9. The average Bonchev–Trinajstić information content (AvgIpc) is 3.21. The highest BCUT2D eigenvalue weighted by Crippen LogP contribution is 2.22. The van der Waals surface area contributed by atoms with Crippen molar-refractivity contribution in [1.29, 1.82) is 0 Å². The van der Waals surface area contributed by atoms with Crippen molar-refractivity contribution in [3.05, 3.63) is 0 Å². The Morgan fingerprint density at radius 3 is 0.966 bits per heavy atom. The zero-order valence-corrected chi connectivity index (χ0v) is 39.5. The monoisotopic (exact) mass is 822 g/mol. The van der Waals surface area contributed by atoms with Gasteiger partial charge in [0.05, 0.1) is 31.7 Å². The van der Waals surface area contributed by atoms with Crippen molar-refractivity contribution in [1.82, 2.24) is 4.90 Å². The lowest BCUT2D eigenvalue weighted by atomic mass is 9.94. The van der Waals surface area contributed by atoms with Gasteiger partial charge in [0.1, 0.15) is 0 Å². The van der Waals surface area contributed by atoms with Crippen LogP contribution in [0.2, 0.25) is 0 Å². The van der Waals surface area contributed by atoms with E-state index in [2.05, 4.69) is 32.6 Å². The number of unbranched alkanes of at least 4 members (excludes halogenated alkanes) is 24. The smallest absolute Gasteiger partial charge is 0.308 e. The number of esters is 3. The van der Waals surface area contributed by atoms with Crippen LogP contribution in [0.15, 0.2) is 0 Å². The predicted octanol–water partition coefficient (Wildman–Crippen LogP) is 14.9. The van der Waals surface area contributed by atoms with E-state index in [-0.39, 0.29) is 29.7 Å². The third kappa shape index (κ3) is 38.6. The van der Waals surface area contributed by atoms with Crippen LogP contribution in [0.1, 0.15) is 259 Å². The first-order valence-electron chi connectivity index (χ1n) is 25.6. The van der Waals surface area contributed by atoms with Gasteiger partial charge in [-0.3, -0.25) is 14.4 Å². The maximum absolute atomic E-state index is 13.0. The standard InChI is InChI=1S/C51H99NO6/c1-6-10-14-18-21-29-39-48(37-27-16-12-8-3)50(54)57-45-34-25-20-23-31-41-52(43-33-36-44-56-47(5)53)42-32-24-26-35-46-58-51(55)49(38-28-17-13-9-4)40-30-22-19-15-11-7-2/h48-49H,6-46H2,1-5H3. The second-order valence-corrected chi connectivity index (χ2v) is 17.6. The fourth-order valence-electron chi connectivity index (χ4n) is 8.07. The first kappa shape index (κ1) is 56.4. The molecule has 0 aromatic rings. The summed E-state index contributed by atoms with van der Waals surface area (Å²) in [4.78, 5) is 39.8. The van der Waals surface area contributed by atoms with E-state index in [0.717, 1.165) is 122 Å². The Labute approximate surface area is 361 Å². The van der Waals surface area contributed by atoms with Gasteiger partial charge in [-0.1, -0.05) is 188 Å². The second-order valence-electron chi connectivity index (χ2n) is 17.6. The summed E-state index contributed by atoms with van der Waals surface area (Å²) in [5.74, 6) is 0.0653. The Bertz CT molecular complexity index is 896. The molecule has 0 aromatic carbocycles. The van der Waals surface area contributed by atoms with Crippen molar-refractivity contribution in [2.45, 2.75) is 259 Å². The molecule has 0 radical (unpaired) electrons. The highest BCUT2D eigenvalue weighted by Gasteiger charge is 2.20. The maximum Gasteiger partial charge on any atom is 0.308 e. The van der Waals surface area contributed by atoms with Gasteiger partial charge in [-0.15, -0.1) is 0 Å². The lowest BCUT2D eigenvalue weighted by molar-refractivity contribution is -0.150. The molecule has 0 N–H and O–H groups in total. The first-order valence-corrected chi connectivity index (χ1v) is 25.6. The minimum atomic E-state index is -0.201. The largest absolute Gasteiger partial charge is 0.466 e. The molecule has 0 saturated heterocycles. The summed E-state index contributed by atoms with van der Waals surface area (Å²) in [5, 5.41) is 0. The third-order valence-corrected chi connectivity index (χ3v) is 11.9. The summed E-state index contributed by atoms with van der Waals surface area (Å²) in [6, 6.07) is 0. The molecular weight excluding hydrogens is 723 g/mol. The normalized spacial score (nSPS) is 12.5. The molecule has 2 atom stereocenters. The SMILES string of the molecule is CCCCCCCCC(CCCCCC)C(=O)OCCCCCCCN(CCCCCCOC(=O)C(CCCCCC)CCCCCCCC)CCCCOC(C)=O. The number of hydrogen-bond acceptors (Lipinski definition) is 7. The molecule has 0 bridgehead atoms. The number of ether oxygens (including phenoxy) is 3. The number of carbonyl (C=O) groups excluding carboxylic acids is 3. The Morgan fingerprint density at radius 2 is 0.603 bits per heavy atom. The van der Waals surface area contributed by atoms with Crippen LogP contribution in [0.25, 0.3) is 0 Å². The van der Waals surface area contributed by atoms with Gasteiger partial charge in [0.15, 0.2) is 0 Å². The number of rotatable bonds is 46. The van der Waals surface area contributed by atoms with Crippen LogP contribution in [-0.4, -0.2) is 62.3 Å². The molecule has 0 fully saturated rings. The summed E-state index contributed by atoms with van der Waals surface area (Å²) in [6.45, 7) is 15.3. The van der Waals surface area contributed by atoms with E-state index in [0.29, 0.717) is 19.8 Å². The zero-order valence-electron chi connectivity index (χ0n) is 39.5. The molecular formula is C51H99NO6. The van der Waals surface area contributed by atoms with Crippen LogP contribution in [0.5, 0.6) is 0 Å². The molecule has 0 heterocycles. The zero-order chi connectivity index (χ0) is 42.6. The van der Waals surface area contributed by atoms with Crippen LogP contribution >= 0.6 is 0 Å². The molecule has 0 aliphatic heterocycles. The van der Waals surface area contributed by atoms with Crippen LogP contribution in [0.4, 0.5) is 0 Å². The molecule has 7 nitrogen and oxygen atoms in total. The number of nitrogens with zero attached hydrogens (tertiary/aromatic N) is 1. The van der Waals surface area contributed by atoms with Crippen molar-refractivity contribution in [3.8, 4) is 0 Å². The van der Waals surface area contributed by atoms with Crippen molar-refractivity contribution in [2.75, 3.05) is 39.5 Å². The molecule has 7 heteroatoms. The minimum absolute atomic E-state index is 0.0478. The minimum Gasteiger partial charge on any atom is -0.466 e. The van der Waals surface area contributed by atoms with E-state index in [9.17, 15) is 14.4 Å². The fraction of sp³-hybridized carbons (Fsp3) is 0.941. The van der Waals surface area contributed by atoms with E-state index in [1.807, 2.05) is 0 Å². The summed E-state index contributed by atoms with van der Waals surface area (Å²) >= 11 is 0. The molecule has 58 heavy (non-hydrogen) atoms. The fourth-order valence-corrected chi connectivity index (χ4v) is 8.07. The third-order valence-electron chi connectivity index (χ3n) is 11.9. The molecule has 2 unspecified atom stereocenters. The van der Waals surface area contributed by atoms with Gasteiger partial charge >= 0.3 is 17.9 Å². The van der Waals surface area contributed by atoms with Crippen molar-refractivity contribution >= 4 is 17.9 Å². The van der Waals surface area contributed by atoms with E-state index in [1.54, 1.807) is 0 Å². The quantitative estimate of drug-likeness (QED) is 0.0343. The van der Waals surface area contributed by atoms with Crippen LogP contribution in [0, 0.1) is 11.8 Å². The molecule has 344 valence electrons. The van der Waals surface area contributed by atoms with Crippen molar-refractivity contribution < 1.29 is 28.6 Å². The van der Waals surface area contributed by atoms with Crippen LogP contribution < -0.4 is 0 Å². The Balaban J connectivity index is 4.50. The molecule has 0 saturated carbocycles. The molecule has 0 spiro atoms. The van der Waals surface area contributed by atoms with Gasteiger partial charge < -0.3 is 19.1 Å². The van der Waals surface area contributed by atoms with Gasteiger partial charge in [-0.05, 0) is 83.8 Å². The predicted molar refractivity (Wildman–Crippen MR) is 246 cm³/mol. The number of hydrogen-bond donors (Lipinski definition) is 0. The summed E-state index contributed by atoms with van der Waals surface area (Å²) in [7, 11) is 0. The van der Waals surface area contributed by atoms with E-state index in [4.69, 9.17) is 14.2 Å². The van der Waals surface area contributed by atoms with Gasteiger partial charge in [0.2, 0.25) is 0 Å². The maximum atomic E-state index is 13.0. The van der Waals surface area contributed by atoms with Crippen molar-refractivity contribution in [2.24, 2.45) is 11.8 Å². The lowest BCUT2D eigenvalue weighted by Crippen LogP contribution is -2.27. The summed E-state index contributed by atoms with van der Waals surface area (Å²) < 4.78 is 16.8. The van der Waals surface area contributed by atoms with E-state index in [1.165, 1.54) is 129 Å². The lowest BCUT2D eigenvalue weighted by Gasteiger charge is -2.22. The van der Waals surface area contributed by atoms with Crippen LogP contribution in [-0.2, 0) is 28.6 Å². The van der Waals surface area contributed by atoms with E-state index >= 15 is 0 Å². The molecule has 0 aliphatic carbocycles. The summed E-state index contributed by atoms with van der Waals surface area (Å²) in [6.07, 6.45) is 40.7. The molecule has 0 amide bonds. The molecule has 0 aliphatic rings. The van der Waals surface area contributed by atoms with Crippen LogP contribution in [0.3, 0.4) is 0 Å². The summed E-state index contributed by atoms with van der Waals surface area (Å²) in [5.41, 5.74) is 0. The van der Waals surface area contributed by atoms with Gasteiger partial charge in [-0.2, -0.15) is 0 Å².